The van der Waals surface area contributed by atoms with Crippen LogP contribution < -0.4 is 0 Å². The molecule has 0 aromatic heterocycles. The Hall–Kier alpha value is -2.94. The molecule has 0 aliphatic heterocycles. The summed E-state index contributed by atoms with van der Waals surface area (Å²) in [6.07, 6.45) is 36.1. The molecule has 0 amide bonds. The first kappa shape index (κ1) is 35.3. The van der Waals surface area contributed by atoms with Crippen LogP contribution in [0.3, 0.4) is 0 Å². The highest BCUT2D eigenvalue weighted by atomic mass is 16.5. The van der Waals surface area contributed by atoms with Gasteiger partial charge < -0.3 is 10.2 Å². The van der Waals surface area contributed by atoms with E-state index in [0.717, 1.165) is 30.4 Å². The van der Waals surface area contributed by atoms with Gasteiger partial charge in [-0.15, -0.1) is 0 Å². The van der Waals surface area contributed by atoms with E-state index in [0.29, 0.717) is 11.3 Å². The Bertz CT molecular complexity index is 1260. The van der Waals surface area contributed by atoms with Crippen molar-refractivity contribution in [2.45, 2.75) is 101 Å². The number of hydrogen-bond donors (Lipinski definition) is 2. The summed E-state index contributed by atoms with van der Waals surface area (Å²) in [6, 6.07) is 0. The monoisotopic (exact) mass is 568 g/mol. The Kier molecular flexibility index (Phi) is 14.0. The third-order valence-corrected chi connectivity index (χ3v) is 8.81. The lowest BCUT2D eigenvalue weighted by atomic mass is 9.68. The van der Waals surface area contributed by atoms with Gasteiger partial charge in [0.25, 0.3) is 0 Å². The first-order valence-corrected chi connectivity index (χ1v) is 15.6. The number of rotatable bonds is 11. The van der Waals surface area contributed by atoms with Gasteiger partial charge in [-0.1, -0.05) is 145 Å². The van der Waals surface area contributed by atoms with E-state index >= 15 is 0 Å². The highest BCUT2D eigenvalue weighted by Crippen LogP contribution is 2.43. The molecule has 0 saturated carbocycles. The Morgan fingerprint density at radius 1 is 0.762 bits per heavy atom. The fraction of sp³-hybridized carbons (Fsp3) is 0.450. The van der Waals surface area contributed by atoms with Crippen molar-refractivity contribution in [3.8, 4) is 0 Å². The second-order valence-corrected chi connectivity index (χ2v) is 13.2. The van der Waals surface area contributed by atoms with Crippen LogP contribution >= 0.6 is 0 Å². The van der Waals surface area contributed by atoms with E-state index in [2.05, 4.69) is 147 Å². The fourth-order valence-corrected chi connectivity index (χ4v) is 5.86. The van der Waals surface area contributed by atoms with Gasteiger partial charge in [-0.25, -0.2) is 0 Å². The van der Waals surface area contributed by atoms with Crippen molar-refractivity contribution in [3.05, 3.63) is 130 Å². The number of allylic oxidation sites excluding steroid dienone is 21. The quantitative estimate of drug-likeness (QED) is 0.148. The molecule has 0 heterocycles. The molecule has 2 heteroatoms. The summed E-state index contributed by atoms with van der Waals surface area (Å²) in [5, 5.41) is 20.0. The third-order valence-electron chi connectivity index (χ3n) is 8.81. The fourth-order valence-electron chi connectivity index (χ4n) is 5.86. The largest absolute Gasteiger partial charge is 0.367 e. The second kappa shape index (κ2) is 16.6. The molecule has 2 N–H and O–H groups in total. The molecule has 0 radical (unpaired) electrons. The van der Waals surface area contributed by atoms with Crippen LogP contribution in [0.5, 0.6) is 0 Å². The van der Waals surface area contributed by atoms with Crippen LogP contribution in [0.15, 0.2) is 130 Å². The molecular weight excluding hydrogens is 512 g/mol. The molecule has 228 valence electrons. The van der Waals surface area contributed by atoms with Gasteiger partial charge in [-0.05, 0) is 84.6 Å². The smallest absolute Gasteiger partial charge is 0.160 e. The maximum Gasteiger partial charge on any atom is 0.160 e. The van der Waals surface area contributed by atoms with Gasteiger partial charge in [-0.3, -0.25) is 0 Å². The highest BCUT2D eigenvalue weighted by molar-refractivity contribution is 5.38. The molecule has 2 aliphatic rings. The van der Waals surface area contributed by atoms with E-state index in [1.807, 2.05) is 6.92 Å². The van der Waals surface area contributed by atoms with Crippen LogP contribution in [0.25, 0.3) is 0 Å². The van der Waals surface area contributed by atoms with E-state index in [4.69, 9.17) is 0 Å². The van der Waals surface area contributed by atoms with Crippen LogP contribution in [0, 0.1) is 16.7 Å². The SMILES string of the molecule is CC1=CCCC(C)(C)C1/C=C/C(C)=C/C=C/C(C)=C/C=C/C=C(C)/C=C/C=C(C)/C=C/C1=C(C)CCC[C@]1(C)C(O)O. The van der Waals surface area contributed by atoms with Crippen LogP contribution in [0.1, 0.15) is 94.4 Å². The summed E-state index contributed by atoms with van der Waals surface area (Å²) in [5.74, 6) is 0.516. The van der Waals surface area contributed by atoms with Gasteiger partial charge in [-0.2, -0.15) is 0 Å². The molecule has 0 saturated heterocycles. The third kappa shape index (κ3) is 11.0. The summed E-state index contributed by atoms with van der Waals surface area (Å²) in [5.41, 5.74) is 8.26. The molecule has 2 aliphatic carbocycles. The van der Waals surface area contributed by atoms with E-state index in [9.17, 15) is 10.2 Å². The standard InChI is InChI=1S/C40H56O2/c1-30(18-12-20-32(3)24-26-36-34(5)22-14-28-39(36,7)8)16-10-11-17-31(2)19-13-21-33(4)25-27-37-35(6)23-15-29-40(37,9)38(41)42/h10-13,16-22,24-27,36,38,41-42H,14-15,23,28-29H2,1-9H3/b11-10+,18-12+,19-13+,26-24+,27-25+,30-16+,31-17+,32-20+,33-21+/t36?,40-/m0/s1. The molecule has 2 atom stereocenters. The summed E-state index contributed by atoms with van der Waals surface area (Å²) >= 11 is 0. The summed E-state index contributed by atoms with van der Waals surface area (Å²) < 4.78 is 0. The van der Waals surface area contributed by atoms with Crippen molar-refractivity contribution in [1.82, 2.24) is 0 Å². The average Bonchev–Trinajstić information content (AvgIpc) is 2.90. The van der Waals surface area contributed by atoms with Crippen LogP contribution in [-0.4, -0.2) is 16.5 Å². The minimum Gasteiger partial charge on any atom is -0.367 e. The lowest BCUT2D eigenvalue weighted by Crippen LogP contribution is -2.36. The minimum absolute atomic E-state index is 0.328. The van der Waals surface area contributed by atoms with Crippen molar-refractivity contribution in [2.75, 3.05) is 0 Å². The van der Waals surface area contributed by atoms with E-state index < -0.39 is 11.7 Å². The molecule has 0 spiro atoms. The zero-order valence-corrected chi connectivity index (χ0v) is 27.7. The van der Waals surface area contributed by atoms with E-state index in [1.165, 1.54) is 40.7 Å². The van der Waals surface area contributed by atoms with Gasteiger partial charge in [0.05, 0.1) is 0 Å². The normalized spacial score (nSPS) is 25.4. The van der Waals surface area contributed by atoms with E-state index in [1.54, 1.807) is 0 Å². The molecule has 0 bridgehead atoms. The maximum atomic E-state index is 9.98. The summed E-state index contributed by atoms with van der Waals surface area (Å²) in [4.78, 5) is 0. The maximum absolute atomic E-state index is 9.98. The van der Waals surface area contributed by atoms with Gasteiger partial charge in [0, 0.05) is 11.3 Å². The Balaban J connectivity index is 1.91. The lowest BCUT2D eigenvalue weighted by molar-refractivity contribution is -0.117. The molecule has 2 nitrogen and oxygen atoms in total. The predicted octanol–water partition coefficient (Wildman–Crippen LogP) is 10.8. The Morgan fingerprint density at radius 3 is 1.83 bits per heavy atom. The van der Waals surface area contributed by atoms with Gasteiger partial charge in [0.2, 0.25) is 0 Å². The molecule has 2 rings (SSSR count). The minimum atomic E-state index is -1.35. The molecule has 0 aromatic rings. The molecular formula is C40H56O2. The average molecular weight is 569 g/mol. The number of hydrogen-bond acceptors (Lipinski definition) is 2. The van der Waals surface area contributed by atoms with Crippen molar-refractivity contribution >= 4 is 0 Å². The van der Waals surface area contributed by atoms with E-state index in [-0.39, 0.29) is 0 Å². The molecule has 1 unspecified atom stereocenters. The van der Waals surface area contributed by atoms with Crippen LogP contribution in [0.2, 0.25) is 0 Å². The molecule has 0 fully saturated rings. The first-order valence-electron chi connectivity index (χ1n) is 15.6. The second-order valence-electron chi connectivity index (χ2n) is 13.2. The topological polar surface area (TPSA) is 40.5 Å². The van der Waals surface area contributed by atoms with Gasteiger partial charge >= 0.3 is 0 Å². The van der Waals surface area contributed by atoms with Crippen molar-refractivity contribution in [3.63, 3.8) is 0 Å². The molecule has 0 aromatic carbocycles. The van der Waals surface area contributed by atoms with Crippen molar-refractivity contribution in [1.29, 1.82) is 0 Å². The number of aliphatic hydroxyl groups is 2. The van der Waals surface area contributed by atoms with Crippen molar-refractivity contribution < 1.29 is 10.2 Å². The van der Waals surface area contributed by atoms with Crippen LogP contribution in [0.4, 0.5) is 0 Å². The predicted molar refractivity (Wildman–Crippen MR) is 184 cm³/mol. The highest BCUT2D eigenvalue weighted by Gasteiger charge is 2.37. The summed E-state index contributed by atoms with van der Waals surface area (Å²) in [7, 11) is 0. The number of aliphatic hydroxyl groups excluding tert-OH is 1. The first-order chi connectivity index (χ1) is 19.8. The summed E-state index contributed by atoms with van der Waals surface area (Å²) in [6.45, 7) is 19.5. The van der Waals surface area contributed by atoms with Crippen molar-refractivity contribution in [2.24, 2.45) is 16.7 Å². The Labute approximate surface area is 257 Å². The molecule has 42 heavy (non-hydrogen) atoms. The van der Waals surface area contributed by atoms with Gasteiger partial charge in [0.1, 0.15) is 0 Å². The van der Waals surface area contributed by atoms with Gasteiger partial charge in [0.15, 0.2) is 6.29 Å². The van der Waals surface area contributed by atoms with Crippen LogP contribution in [-0.2, 0) is 0 Å². The zero-order valence-electron chi connectivity index (χ0n) is 27.7. The lowest BCUT2D eigenvalue weighted by Gasteiger charge is -2.37. The zero-order chi connectivity index (χ0) is 31.3. The Morgan fingerprint density at radius 2 is 1.29 bits per heavy atom.